The summed E-state index contributed by atoms with van der Waals surface area (Å²) in [5.74, 6) is -0.0968. The maximum absolute atomic E-state index is 11.7. The lowest BCUT2D eigenvalue weighted by atomic mass is 10.0. The minimum absolute atomic E-state index is 0.120. The quantitative estimate of drug-likeness (QED) is 0.118. The Labute approximate surface area is 296 Å². The highest BCUT2D eigenvalue weighted by molar-refractivity contribution is 6.35. The number of ether oxygens (including phenoxy) is 4. The largest absolute Gasteiger partial charge is 0.491 e. The molecule has 12 heteroatoms. The molecule has 1 amide bonds. The first kappa shape index (κ1) is 34.8. The van der Waals surface area contributed by atoms with Gasteiger partial charge in [0.1, 0.15) is 43.6 Å². The van der Waals surface area contributed by atoms with Gasteiger partial charge in [-0.25, -0.2) is 9.13 Å². The molecule has 4 aromatic rings. The molecule has 0 aliphatic carbocycles. The predicted molar refractivity (Wildman–Crippen MR) is 186 cm³/mol. The number of nitrogens with zero attached hydrogens (tertiary/aromatic N) is 4. The van der Waals surface area contributed by atoms with Crippen molar-refractivity contribution in [2.24, 2.45) is 0 Å². The smallest absolute Gasteiger partial charge is 0.308 e. The Hall–Kier alpha value is -4.09. The fourth-order valence-corrected chi connectivity index (χ4v) is 6.87. The first-order valence-corrected chi connectivity index (χ1v) is 17.2. The molecule has 258 valence electrons. The molecular weight excluding hydrogens is 667 g/mol. The van der Waals surface area contributed by atoms with Crippen molar-refractivity contribution < 1.29 is 33.1 Å². The average Bonchev–Trinajstić information content (AvgIpc) is 3.51. The maximum atomic E-state index is 11.7. The van der Waals surface area contributed by atoms with E-state index in [9.17, 15) is 9.59 Å². The molecule has 6 rings (SSSR count). The van der Waals surface area contributed by atoms with Crippen molar-refractivity contribution in [1.82, 2.24) is 9.47 Å². The zero-order chi connectivity index (χ0) is 34.5. The van der Waals surface area contributed by atoms with E-state index in [2.05, 4.69) is 21.6 Å². The van der Waals surface area contributed by atoms with Gasteiger partial charge in [0.15, 0.2) is 0 Å². The number of hydrogen-bond acceptors (Lipinski definition) is 7. The van der Waals surface area contributed by atoms with Gasteiger partial charge >= 0.3 is 5.97 Å². The van der Waals surface area contributed by atoms with E-state index in [4.69, 9.17) is 42.1 Å². The first-order valence-electron chi connectivity index (χ1n) is 16.4. The third-order valence-corrected chi connectivity index (χ3v) is 9.38. The summed E-state index contributed by atoms with van der Waals surface area (Å²) in [4.78, 5) is 27.2. The van der Waals surface area contributed by atoms with E-state index in [0.29, 0.717) is 54.1 Å². The highest BCUT2D eigenvalue weighted by atomic mass is 35.5. The van der Waals surface area contributed by atoms with Crippen LogP contribution < -0.4 is 18.9 Å². The van der Waals surface area contributed by atoms with Crippen LogP contribution in [0, 0.1) is 6.92 Å². The van der Waals surface area contributed by atoms with Gasteiger partial charge < -0.3 is 28.7 Å². The van der Waals surface area contributed by atoms with Gasteiger partial charge in [-0.2, -0.15) is 0 Å². The van der Waals surface area contributed by atoms with E-state index < -0.39 is 5.79 Å². The molecule has 2 aliphatic heterocycles. The van der Waals surface area contributed by atoms with Crippen molar-refractivity contribution in [1.29, 1.82) is 0 Å². The molecule has 0 unspecified atom stereocenters. The topological polar surface area (TPSA) is 86.4 Å². The van der Waals surface area contributed by atoms with Crippen LogP contribution in [0.3, 0.4) is 0 Å². The van der Waals surface area contributed by atoms with Crippen LogP contribution in [0.25, 0.3) is 0 Å². The molecule has 49 heavy (non-hydrogen) atoms. The Bertz CT molecular complexity index is 1790. The van der Waals surface area contributed by atoms with Crippen molar-refractivity contribution in [3.05, 3.63) is 106 Å². The molecule has 0 spiro atoms. The number of carbonyl (C=O) groups excluding carboxylic acids is 2. The van der Waals surface area contributed by atoms with Crippen LogP contribution in [0.1, 0.15) is 37.0 Å². The predicted octanol–water partition coefficient (Wildman–Crippen LogP) is 5.77. The second kappa shape index (κ2) is 15.2. The van der Waals surface area contributed by atoms with E-state index >= 15 is 0 Å². The molecule has 0 radical (unpaired) electrons. The minimum atomic E-state index is -1.18. The average molecular weight is 709 g/mol. The number of aryl methyl sites for hydroxylation is 1. The third-order valence-electron chi connectivity index (χ3n) is 8.83. The minimum Gasteiger partial charge on any atom is -0.491 e. The fraction of sp³-hybridized carbons (Fsp3) is 0.378. The number of esters is 1. The number of imidazole rings is 1. The molecule has 0 saturated carbocycles. The SMILES string of the molecule is CC(=O)Oc1ccc(C[n+]2ccn(C[C@]3(c4ccc(Cl)cc4Cl)OCC[C@@H](COc4ccc(N5CCN(C(C)=O)CC5)cc4)O3)c2)cc1C. The van der Waals surface area contributed by atoms with Crippen molar-refractivity contribution >= 4 is 40.8 Å². The second-order valence-electron chi connectivity index (χ2n) is 12.5. The second-order valence-corrected chi connectivity index (χ2v) is 13.3. The number of amides is 1. The summed E-state index contributed by atoms with van der Waals surface area (Å²) in [6.45, 7) is 9.74. The van der Waals surface area contributed by atoms with E-state index in [1.54, 1.807) is 19.1 Å². The summed E-state index contributed by atoms with van der Waals surface area (Å²) in [6, 6.07) is 19.2. The molecule has 10 nitrogen and oxygen atoms in total. The van der Waals surface area contributed by atoms with E-state index in [1.807, 2.05) is 71.5 Å². The van der Waals surface area contributed by atoms with Crippen LogP contribution in [0.15, 0.2) is 79.4 Å². The van der Waals surface area contributed by atoms with E-state index in [0.717, 1.165) is 48.7 Å². The number of rotatable bonds is 10. The van der Waals surface area contributed by atoms with Gasteiger partial charge in [-0.1, -0.05) is 35.3 Å². The van der Waals surface area contributed by atoms with Crippen molar-refractivity contribution in [3.8, 4) is 11.5 Å². The number of benzene rings is 3. The first-order chi connectivity index (χ1) is 23.6. The number of anilines is 1. The van der Waals surface area contributed by atoms with Gasteiger partial charge in [0, 0.05) is 62.7 Å². The highest BCUT2D eigenvalue weighted by Crippen LogP contribution is 2.40. The van der Waals surface area contributed by atoms with E-state index in [1.165, 1.54) is 6.92 Å². The molecule has 0 N–H and O–H groups in total. The van der Waals surface area contributed by atoms with Crippen molar-refractivity contribution in [2.75, 3.05) is 44.3 Å². The lowest BCUT2D eigenvalue weighted by Crippen LogP contribution is -2.48. The Balaban J connectivity index is 1.13. The van der Waals surface area contributed by atoms with Crippen LogP contribution in [-0.4, -0.2) is 66.8 Å². The monoisotopic (exact) mass is 707 g/mol. The number of carbonyl (C=O) groups is 2. The van der Waals surface area contributed by atoms with Gasteiger partial charge in [-0.3, -0.25) is 9.59 Å². The number of piperazine rings is 1. The molecular formula is C37H41Cl2N4O6+. The van der Waals surface area contributed by atoms with Gasteiger partial charge in [0.05, 0.1) is 17.7 Å². The fourth-order valence-electron chi connectivity index (χ4n) is 6.32. The molecule has 2 atom stereocenters. The van der Waals surface area contributed by atoms with Crippen LogP contribution in [-0.2, 0) is 37.9 Å². The molecule has 0 bridgehead atoms. The summed E-state index contributed by atoms with van der Waals surface area (Å²) in [5, 5.41) is 0.981. The lowest BCUT2D eigenvalue weighted by Gasteiger charge is -2.40. The van der Waals surface area contributed by atoms with Crippen LogP contribution in [0.2, 0.25) is 10.0 Å². The zero-order valence-electron chi connectivity index (χ0n) is 27.9. The summed E-state index contributed by atoms with van der Waals surface area (Å²) < 4.78 is 28.8. The number of halogens is 2. The Kier molecular flexibility index (Phi) is 10.8. The number of aromatic nitrogens is 2. The Morgan fingerprint density at radius 2 is 1.78 bits per heavy atom. The molecule has 2 saturated heterocycles. The molecule has 1 aromatic heterocycles. The molecule has 2 fully saturated rings. The van der Waals surface area contributed by atoms with Crippen molar-refractivity contribution in [3.63, 3.8) is 0 Å². The Morgan fingerprint density at radius 3 is 2.47 bits per heavy atom. The van der Waals surface area contributed by atoms with Crippen LogP contribution in [0.4, 0.5) is 5.69 Å². The third kappa shape index (κ3) is 8.56. The standard InChI is InChI=1S/C37H41Cl2N4O6/c1-26-20-29(4-11-36(26)48-28(3)45)22-40-13-14-41(25-40)24-37(34-10-5-30(38)21-35(34)39)47-19-12-33(49-37)23-46-32-8-6-31(7-9-32)43-17-15-42(16-18-43)27(2)44/h4-11,13-14,20-21,25,33H,12,15-19,22-24H2,1-3H3/q+1/t33-,37-/m0/s1. The zero-order valence-corrected chi connectivity index (χ0v) is 29.5. The molecule has 3 heterocycles. The van der Waals surface area contributed by atoms with Crippen LogP contribution >= 0.6 is 23.2 Å². The van der Waals surface area contributed by atoms with Gasteiger partial charge in [0.25, 0.3) is 0 Å². The Morgan fingerprint density at radius 1 is 1.00 bits per heavy atom. The molecule has 2 aliphatic rings. The summed E-state index contributed by atoms with van der Waals surface area (Å²) >= 11 is 13.0. The van der Waals surface area contributed by atoms with Crippen LogP contribution in [0.5, 0.6) is 11.5 Å². The van der Waals surface area contributed by atoms with Gasteiger partial charge in [-0.05, 0) is 66.6 Å². The highest BCUT2D eigenvalue weighted by Gasteiger charge is 2.44. The summed E-state index contributed by atoms with van der Waals surface area (Å²) in [6.07, 6.45) is 6.35. The molecule has 3 aromatic carbocycles. The van der Waals surface area contributed by atoms with Gasteiger partial charge in [0.2, 0.25) is 18.0 Å². The number of hydrogen-bond donors (Lipinski definition) is 0. The van der Waals surface area contributed by atoms with E-state index in [-0.39, 0.29) is 18.0 Å². The summed E-state index contributed by atoms with van der Waals surface area (Å²) in [7, 11) is 0. The van der Waals surface area contributed by atoms with Gasteiger partial charge in [-0.15, -0.1) is 0 Å². The maximum Gasteiger partial charge on any atom is 0.308 e. The lowest BCUT2D eigenvalue weighted by molar-refractivity contribution is -0.688. The van der Waals surface area contributed by atoms with Crippen molar-refractivity contribution in [2.45, 2.75) is 52.2 Å². The summed E-state index contributed by atoms with van der Waals surface area (Å²) in [5.41, 5.74) is 3.75. The normalized spacial score (nSPS) is 19.5.